The zero-order chi connectivity index (χ0) is 14.5. The fourth-order valence-corrected chi connectivity index (χ4v) is 2.75. The summed E-state index contributed by atoms with van der Waals surface area (Å²) in [5.74, 6) is -0.147. The number of piperidine rings is 1. The molecule has 3 nitrogen and oxygen atoms in total. The monoisotopic (exact) mass is 280 g/mol. The molecule has 1 unspecified atom stereocenters. The first-order valence-corrected chi connectivity index (χ1v) is 6.84. The molecule has 1 atom stereocenters. The van der Waals surface area contributed by atoms with Crippen LogP contribution >= 0.6 is 0 Å². The molecule has 0 aliphatic carbocycles. The van der Waals surface area contributed by atoms with Crippen molar-refractivity contribution in [1.29, 1.82) is 0 Å². The minimum absolute atomic E-state index is 0.147. The van der Waals surface area contributed by atoms with Gasteiger partial charge < -0.3 is 10.2 Å². The molecule has 0 aromatic rings. The topological polar surface area (TPSA) is 32.3 Å². The molecule has 1 aliphatic heterocycles. The maximum atomic E-state index is 12.4. The lowest BCUT2D eigenvalue weighted by atomic mass is 9.76. The van der Waals surface area contributed by atoms with Crippen LogP contribution in [0.3, 0.4) is 0 Å². The van der Waals surface area contributed by atoms with Gasteiger partial charge in [0.25, 0.3) is 0 Å². The van der Waals surface area contributed by atoms with Crippen LogP contribution < -0.4 is 5.32 Å². The van der Waals surface area contributed by atoms with Crippen molar-refractivity contribution in [3.8, 4) is 0 Å². The smallest absolute Gasteiger partial charge is 0.345 e. The molecule has 19 heavy (non-hydrogen) atoms. The molecule has 1 amide bonds. The van der Waals surface area contributed by atoms with Crippen molar-refractivity contribution in [3.63, 3.8) is 0 Å². The number of amides is 1. The molecule has 1 aliphatic rings. The fourth-order valence-electron chi connectivity index (χ4n) is 2.75. The summed E-state index contributed by atoms with van der Waals surface area (Å²) in [5, 5.41) is 3.20. The van der Waals surface area contributed by atoms with E-state index < -0.39 is 18.0 Å². The van der Waals surface area contributed by atoms with Crippen LogP contribution in [0.4, 0.5) is 13.2 Å². The Morgan fingerprint density at radius 1 is 1.42 bits per heavy atom. The van der Waals surface area contributed by atoms with Gasteiger partial charge >= 0.3 is 6.18 Å². The van der Waals surface area contributed by atoms with Crippen LogP contribution in [0.1, 0.15) is 39.0 Å². The van der Waals surface area contributed by atoms with E-state index in [0.29, 0.717) is 6.54 Å². The van der Waals surface area contributed by atoms with Crippen LogP contribution in [0.15, 0.2) is 0 Å². The van der Waals surface area contributed by atoms with Crippen molar-refractivity contribution in [1.82, 2.24) is 10.2 Å². The van der Waals surface area contributed by atoms with Gasteiger partial charge in [0.2, 0.25) is 5.91 Å². The van der Waals surface area contributed by atoms with E-state index >= 15 is 0 Å². The van der Waals surface area contributed by atoms with E-state index in [0.717, 1.165) is 32.2 Å². The molecule has 0 aromatic carbocycles. The fraction of sp³-hybridized carbons (Fsp3) is 0.923. The molecule has 112 valence electrons. The van der Waals surface area contributed by atoms with Crippen molar-refractivity contribution in [2.45, 2.75) is 45.2 Å². The summed E-state index contributed by atoms with van der Waals surface area (Å²) in [4.78, 5) is 13.7. The maximum Gasteiger partial charge on any atom is 0.390 e. The average molecular weight is 280 g/mol. The number of hydrogen-bond donors (Lipinski definition) is 1. The van der Waals surface area contributed by atoms with Gasteiger partial charge in [0, 0.05) is 20.1 Å². The third-order valence-corrected chi connectivity index (χ3v) is 3.73. The highest BCUT2D eigenvalue weighted by atomic mass is 19.4. The van der Waals surface area contributed by atoms with Crippen LogP contribution in [0, 0.1) is 5.41 Å². The Kier molecular flexibility index (Phi) is 5.64. The van der Waals surface area contributed by atoms with Gasteiger partial charge in [0.1, 0.15) is 0 Å². The SMILES string of the molecule is CCCC1(C(=O)N(C)CCC(F)(F)F)CCCNC1. The number of hydrogen-bond acceptors (Lipinski definition) is 2. The lowest BCUT2D eigenvalue weighted by Gasteiger charge is -2.39. The number of nitrogens with zero attached hydrogens (tertiary/aromatic N) is 1. The summed E-state index contributed by atoms with van der Waals surface area (Å²) in [6.07, 6.45) is -1.89. The Bertz CT molecular complexity index is 293. The first-order chi connectivity index (χ1) is 8.81. The van der Waals surface area contributed by atoms with Crippen molar-refractivity contribution in [2.75, 3.05) is 26.7 Å². The molecule has 1 rings (SSSR count). The number of rotatable bonds is 5. The van der Waals surface area contributed by atoms with Gasteiger partial charge in [-0.3, -0.25) is 4.79 Å². The Hall–Kier alpha value is -0.780. The van der Waals surface area contributed by atoms with E-state index in [1.165, 1.54) is 11.9 Å². The number of alkyl halides is 3. The molecule has 0 saturated carbocycles. The van der Waals surface area contributed by atoms with Gasteiger partial charge in [-0.2, -0.15) is 13.2 Å². The number of nitrogens with one attached hydrogen (secondary N) is 1. The Morgan fingerprint density at radius 2 is 2.11 bits per heavy atom. The van der Waals surface area contributed by atoms with E-state index in [2.05, 4.69) is 5.32 Å². The standard InChI is InChI=1S/C13H23F3N2O/c1-3-5-12(6-4-8-17-10-12)11(19)18(2)9-7-13(14,15)16/h17H,3-10H2,1-2H3. The van der Waals surface area contributed by atoms with Gasteiger partial charge in [-0.25, -0.2) is 0 Å². The zero-order valence-electron chi connectivity index (χ0n) is 11.6. The second-order valence-electron chi connectivity index (χ2n) is 5.40. The largest absolute Gasteiger partial charge is 0.390 e. The van der Waals surface area contributed by atoms with Crippen LogP contribution in [0.5, 0.6) is 0 Å². The van der Waals surface area contributed by atoms with Gasteiger partial charge in [0.05, 0.1) is 11.8 Å². The first kappa shape index (κ1) is 16.3. The number of carbonyl (C=O) groups excluding carboxylic acids is 1. The molecule has 1 fully saturated rings. The van der Waals surface area contributed by atoms with Crippen LogP contribution in [0.25, 0.3) is 0 Å². The number of halogens is 3. The third kappa shape index (κ3) is 4.67. The van der Waals surface area contributed by atoms with Crippen molar-refractivity contribution in [3.05, 3.63) is 0 Å². The summed E-state index contributed by atoms with van der Waals surface area (Å²) in [5.41, 5.74) is -0.507. The van der Waals surface area contributed by atoms with Gasteiger partial charge in [-0.05, 0) is 25.8 Å². The molecule has 1 N–H and O–H groups in total. The summed E-state index contributed by atoms with van der Waals surface area (Å²) in [6.45, 7) is 3.20. The highest BCUT2D eigenvalue weighted by Crippen LogP contribution is 2.34. The molecule has 1 saturated heterocycles. The second-order valence-corrected chi connectivity index (χ2v) is 5.40. The quantitative estimate of drug-likeness (QED) is 0.839. The molecular weight excluding hydrogens is 257 g/mol. The first-order valence-electron chi connectivity index (χ1n) is 6.84. The summed E-state index contributed by atoms with van der Waals surface area (Å²) < 4.78 is 36.6. The molecule has 0 bridgehead atoms. The predicted molar refractivity (Wildman–Crippen MR) is 67.8 cm³/mol. The lowest BCUT2D eigenvalue weighted by Crippen LogP contribution is -2.51. The van der Waals surface area contributed by atoms with E-state index in [1.54, 1.807) is 0 Å². The Morgan fingerprint density at radius 3 is 2.58 bits per heavy atom. The predicted octanol–water partition coefficient (Wildman–Crippen LogP) is 2.57. The third-order valence-electron chi connectivity index (χ3n) is 3.73. The molecule has 0 aromatic heterocycles. The summed E-state index contributed by atoms with van der Waals surface area (Å²) in [6, 6.07) is 0. The number of carbonyl (C=O) groups is 1. The van der Waals surface area contributed by atoms with Gasteiger partial charge in [-0.15, -0.1) is 0 Å². The van der Waals surface area contributed by atoms with E-state index in [1.807, 2.05) is 6.92 Å². The summed E-state index contributed by atoms with van der Waals surface area (Å²) in [7, 11) is 1.47. The normalized spacial score (nSPS) is 24.3. The highest BCUT2D eigenvalue weighted by molar-refractivity contribution is 5.83. The van der Waals surface area contributed by atoms with Crippen LogP contribution in [-0.4, -0.2) is 43.7 Å². The average Bonchev–Trinajstić information content (AvgIpc) is 2.35. The Labute approximate surface area is 112 Å². The van der Waals surface area contributed by atoms with Gasteiger partial charge in [-0.1, -0.05) is 13.3 Å². The maximum absolute atomic E-state index is 12.4. The molecule has 1 heterocycles. The Balaban J connectivity index is 2.65. The second kappa shape index (κ2) is 6.59. The van der Waals surface area contributed by atoms with Crippen molar-refractivity contribution < 1.29 is 18.0 Å². The highest BCUT2D eigenvalue weighted by Gasteiger charge is 2.41. The minimum Gasteiger partial charge on any atom is -0.345 e. The summed E-state index contributed by atoms with van der Waals surface area (Å²) >= 11 is 0. The van der Waals surface area contributed by atoms with E-state index in [4.69, 9.17) is 0 Å². The minimum atomic E-state index is -4.21. The van der Waals surface area contributed by atoms with Crippen LogP contribution in [-0.2, 0) is 4.79 Å². The van der Waals surface area contributed by atoms with Crippen LogP contribution in [0.2, 0.25) is 0 Å². The van der Waals surface area contributed by atoms with Gasteiger partial charge in [0.15, 0.2) is 0 Å². The molecular formula is C13H23F3N2O. The van der Waals surface area contributed by atoms with E-state index in [9.17, 15) is 18.0 Å². The zero-order valence-corrected chi connectivity index (χ0v) is 11.6. The van der Waals surface area contributed by atoms with Crippen molar-refractivity contribution >= 4 is 5.91 Å². The van der Waals surface area contributed by atoms with Crippen molar-refractivity contribution in [2.24, 2.45) is 5.41 Å². The lowest BCUT2D eigenvalue weighted by molar-refractivity contribution is -0.151. The molecule has 0 radical (unpaired) electrons. The molecule has 6 heteroatoms. The molecule has 0 spiro atoms. The van der Waals surface area contributed by atoms with E-state index in [-0.39, 0.29) is 12.5 Å².